The number of nitriles is 1. The summed E-state index contributed by atoms with van der Waals surface area (Å²) >= 11 is 1.96. The van der Waals surface area contributed by atoms with Gasteiger partial charge in [-0.3, -0.25) is 14.9 Å². The van der Waals surface area contributed by atoms with Crippen LogP contribution in [0.3, 0.4) is 0 Å². The number of hydrogen-bond acceptors (Lipinski definition) is 5. The van der Waals surface area contributed by atoms with E-state index < -0.39 is 10.8 Å². The lowest BCUT2D eigenvalue weighted by Crippen LogP contribution is -2.23. The molecule has 0 atom stereocenters. The Morgan fingerprint density at radius 2 is 2.12 bits per heavy atom. The van der Waals surface area contributed by atoms with Gasteiger partial charge >= 0.3 is 0 Å². The number of ether oxygens (including phenoxy) is 1. The van der Waals surface area contributed by atoms with Crippen molar-refractivity contribution < 1.29 is 14.5 Å². The van der Waals surface area contributed by atoms with E-state index in [0.29, 0.717) is 9.32 Å². The highest BCUT2D eigenvalue weighted by atomic mass is 127. The molecule has 2 aromatic carbocycles. The summed E-state index contributed by atoms with van der Waals surface area (Å²) < 4.78 is 5.83. The maximum Gasteiger partial charge on any atom is 0.270 e. The molecule has 0 bridgehead atoms. The lowest BCUT2D eigenvalue weighted by atomic mass is 10.1. The largest absolute Gasteiger partial charge is 0.479 e. The molecule has 0 aliphatic heterocycles. The normalized spacial score (nSPS) is 9.83. The highest BCUT2D eigenvalue weighted by molar-refractivity contribution is 14.1. The molecule has 0 unspecified atom stereocenters. The fraction of sp³-hybridized carbons (Fsp3) is 0.125. The second kappa shape index (κ2) is 8.26. The van der Waals surface area contributed by atoms with Crippen molar-refractivity contribution in [1.29, 1.82) is 5.26 Å². The van der Waals surface area contributed by atoms with Gasteiger partial charge in [-0.1, -0.05) is 12.1 Å². The van der Waals surface area contributed by atoms with Crippen LogP contribution < -0.4 is 10.1 Å². The highest BCUT2D eigenvalue weighted by Crippen LogP contribution is 2.20. The Kier molecular flexibility index (Phi) is 6.08. The van der Waals surface area contributed by atoms with E-state index in [0.717, 1.165) is 5.56 Å². The maximum atomic E-state index is 12.3. The number of carbonyl (C=O) groups excluding carboxylic acids is 1. The molecule has 0 heterocycles. The van der Waals surface area contributed by atoms with Crippen LogP contribution in [0, 0.1) is 25.0 Å². The first-order valence-electron chi connectivity index (χ1n) is 6.82. The third-order valence-electron chi connectivity index (χ3n) is 3.06. The van der Waals surface area contributed by atoms with Crippen molar-refractivity contribution in [3.05, 3.63) is 67.3 Å². The van der Waals surface area contributed by atoms with Crippen LogP contribution in [0.2, 0.25) is 0 Å². The Bertz CT molecular complexity index is 817. The molecule has 1 amide bonds. The van der Waals surface area contributed by atoms with Crippen LogP contribution in [0.15, 0.2) is 42.5 Å². The van der Waals surface area contributed by atoms with Crippen molar-refractivity contribution in [3.8, 4) is 11.8 Å². The van der Waals surface area contributed by atoms with Gasteiger partial charge in [0.15, 0.2) is 6.61 Å². The standard InChI is InChI=1S/C16H12IN3O4/c17-15-5-4-12(20(22)23)9-14(15)16(21)19-10-11-2-1-3-13(8-11)24-7-6-18/h1-5,8-9H,7,10H2,(H,19,21). The summed E-state index contributed by atoms with van der Waals surface area (Å²) in [6, 6.07) is 13.0. The van der Waals surface area contributed by atoms with E-state index in [-0.39, 0.29) is 24.4 Å². The number of nitrogens with zero attached hydrogens (tertiary/aromatic N) is 2. The van der Waals surface area contributed by atoms with Crippen molar-refractivity contribution in [1.82, 2.24) is 5.32 Å². The molecule has 0 aliphatic rings. The van der Waals surface area contributed by atoms with Gasteiger partial charge in [0.25, 0.3) is 11.6 Å². The average molecular weight is 437 g/mol. The summed E-state index contributed by atoms with van der Waals surface area (Å²) in [5, 5.41) is 22.0. The van der Waals surface area contributed by atoms with Crippen LogP contribution in [-0.4, -0.2) is 17.4 Å². The van der Waals surface area contributed by atoms with Crippen molar-refractivity contribution in [2.24, 2.45) is 0 Å². The smallest absolute Gasteiger partial charge is 0.270 e. The van der Waals surface area contributed by atoms with Crippen LogP contribution in [0.4, 0.5) is 5.69 Å². The minimum absolute atomic E-state index is 0.0539. The lowest BCUT2D eigenvalue weighted by Gasteiger charge is -2.08. The van der Waals surface area contributed by atoms with E-state index in [9.17, 15) is 14.9 Å². The Morgan fingerprint density at radius 1 is 1.33 bits per heavy atom. The van der Waals surface area contributed by atoms with Crippen molar-refractivity contribution >= 4 is 34.2 Å². The molecule has 122 valence electrons. The van der Waals surface area contributed by atoms with Gasteiger partial charge in [-0.25, -0.2) is 0 Å². The quantitative estimate of drug-likeness (QED) is 0.425. The Balaban J connectivity index is 2.07. The molecule has 8 heteroatoms. The molecule has 2 rings (SSSR count). The Hall–Kier alpha value is -2.67. The summed E-state index contributed by atoms with van der Waals surface area (Å²) in [6.07, 6.45) is 0. The van der Waals surface area contributed by atoms with Gasteiger partial charge in [0, 0.05) is 22.2 Å². The maximum absolute atomic E-state index is 12.3. The first-order chi connectivity index (χ1) is 11.5. The molecule has 0 spiro atoms. The van der Waals surface area contributed by atoms with Crippen LogP contribution in [0.5, 0.6) is 5.75 Å². The number of rotatable bonds is 6. The summed E-state index contributed by atoms with van der Waals surface area (Å²) in [5.74, 6) is 0.139. The van der Waals surface area contributed by atoms with Crippen molar-refractivity contribution in [2.45, 2.75) is 6.54 Å². The van der Waals surface area contributed by atoms with E-state index in [1.807, 2.05) is 28.7 Å². The second-order valence-corrected chi connectivity index (χ2v) is 5.86. The number of hydrogen-bond donors (Lipinski definition) is 1. The minimum atomic E-state index is -0.539. The fourth-order valence-corrected chi connectivity index (χ4v) is 2.52. The zero-order valence-corrected chi connectivity index (χ0v) is 14.5. The average Bonchev–Trinajstić information content (AvgIpc) is 2.58. The number of benzene rings is 2. The summed E-state index contributed by atoms with van der Waals surface area (Å²) in [6.45, 7) is 0.184. The molecule has 1 N–H and O–H groups in total. The van der Waals surface area contributed by atoms with Gasteiger partial charge in [0.05, 0.1) is 10.5 Å². The van der Waals surface area contributed by atoms with Crippen molar-refractivity contribution in [3.63, 3.8) is 0 Å². The molecule has 24 heavy (non-hydrogen) atoms. The first-order valence-corrected chi connectivity index (χ1v) is 7.90. The predicted molar refractivity (Wildman–Crippen MR) is 94.5 cm³/mol. The first kappa shape index (κ1) is 17.7. The highest BCUT2D eigenvalue weighted by Gasteiger charge is 2.15. The molecule has 0 saturated heterocycles. The summed E-state index contributed by atoms with van der Waals surface area (Å²) in [5.41, 5.74) is 0.911. The van der Waals surface area contributed by atoms with Gasteiger partial charge in [0.2, 0.25) is 0 Å². The summed E-state index contributed by atoms with van der Waals surface area (Å²) in [7, 11) is 0. The lowest BCUT2D eigenvalue weighted by molar-refractivity contribution is -0.384. The number of non-ortho nitro benzene ring substituents is 1. The van der Waals surface area contributed by atoms with Crippen LogP contribution >= 0.6 is 22.6 Å². The van der Waals surface area contributed by atoms with Crippen molar-refractivity contribution in [2.75, 3.05) is 6.61 Å². The van der Waals surface area contributed by atoms with Crippen LogP contribution in [-0.2, 0) is 6.54 Å². The second-order valence-electron chi connectivity index (χ2n) is 4.70. The number of nitro benzene ring substituents is 1. The van der Waals surface area contributed by atoms with Gasteiger partial charge in [-0.05, 0) is 46.4 Å². The molecule has 0 fully saturated rings. The summed E-state index contributed by atoms with van der Waals surface area (Å²) in [4.78, 5) is 22.5. The van der Waals surface area contributed by atoms with Gasteiger partial charge in [0.1, 0.15) is 11.8 Å². The topological polar surface area (TPSA) is 105 Å². The third-order valence-corrected chi connectivity index (χ3v) is 4.00. The molecule has 0 saturated carbocycles. The number of carbonyl (C=O) groups is 1. The molecular weight excluding hydrogens is 425 g/mol. The number of halogens is 1. The van der Waals surface area contributed by atoms with Crippen LogP contribution in [0.1, 0.15) is 15.9 Å². The monoisotopic (exact) mass is 437 g/mol. The number of amides is 1. The van der Waals surface area contributed by atoms with E-state index in [1.54, 1.807) is 24.3 Å². The minimum Gasteiger partial charge on any atom is -0.479 e. The van der Waals surface area contributed by atoms with E-state index >= 15 is 0 Å². The zero-order chi connectivity index (χ0) is 17.5. The number of nitro groups is 1. The third kappa shape index (κ3) is 4.66. The van der Waals surface area contributed by atoms with E-state index in [2.05, 4.69) is 5.32 Å². The Morgan fingerprint density at radius 3 is 2.83 bits per heavy atom. The van der Waals surface area contributed by atoms with Gasteiger partial charge < -0.3 is 10.1 Å². The Labute approximate surface area is 151 Å². The SMILES string of the molecule is N#CCOc1cccc(CNC(=O)c2cc([N+](=O)[O-])ccc2I)c1. The van der Waals surface area contributed by atoms with E-state index in [1.165, 1.54) is 18.2 Å². The zero-order valence-electron chi connectivity index (χ0n) is 12.4. The molecule has 0 aromatic heterocycles. The van der Waals surface area contributed by atoms with Gasteiger partial charge in [-0.2, -0.15) is 5.26 Å². The molecular formula is C16H12IN3O4. The van der Waals surface area contributed by atoms with Gasteiger partial charge in [-0.15, -0.1) is 0 Å². The predicted octanol–water partition coefficient (Wildman–Crippen LogP) is 3.03. The molecule has 7 nitrogen and oxygen atoms in total. The number of nitrogens with one attached hydrogen (secondary N) is 1. The molecule has 2 aromatic rings. The van der Waals surface area contributed by atoms with E-state index in [4.69, 9.17) is 10.00 Å². The fourth-order valence-electron chi connectivity index (χ4n) is 1.94. The molecule has 0 radical (unpaired) electrons. The molecule has 0 aliphatic carbocycles. The van der Waals surface area contributed by atoms with Crippen LogP contribution in [0.25, 0.3) is 0 Å².